The second-order valence-corrected chi connectivity index (χ2v) is 6.27. The number of hydrogen-bond acceptors (Lipinski definition) is 4. The Labute approximate surface area is 151 Å². The molecule has 1 heterocycles. The van der Waals surface area contributed by atoms with Crippen LogP contribution in [0.5, 0.6) is 0 Å². The molecule has 0 bridgehead atoms. The van der Waals surface area contributed by atoms with Gasteiger partial charge in [0.15, 0.2) is 0 Å². The number of carbonyl (C=O) groups excluding carboxylic acids is 1. The molecule has 1 aliphatic rings. The number of nitrogens with zero attached hydrogens (tertiary/aromatic N) is 3. The molecule has 26 heavy (non-hydrogen) atoms. The van der Waals surface area contributed by atoms with Crippen LogP contribution < -0.4 is 0 Å². The minimum Gasteiger partial charge on any atom is -0.386 e. The largest absolute Gasteiger partial charge is 0.386 e. The summed E-state index contributed by atoms with van der Waals surface area (Å²) in [5.74, 6) is -0.851. The number of pyridine rings is 1. The van der Waals surface area contributed by atoms with Gasteiger partial charge in [0.05, 0.1) is 18.2 Å². The minimum absolute atomic E-state index is 0.00129. The van der Waals surface area contributed by atoms with Crippen LogP contribution >= 0.6 is 0 Å². The zero-order chi connectivity index (χ0) is 18.7. The van der Waals surface area contributed by atoms with Crippen molar-refractivity contribution in [1.29, 1.82) is 5.26 Å². The van der Waals surface area contributed by atoms with Gasteiger partial charge in [0, 0.05) is 24.0 Å². The molecule has 1 amide bonds. The highest BCUT2D eigenvalue weighted by Gasteiger charge is 2.31. The van der Waals surface area contributed by atoms with Gasteiger partial charge < -0.3 is 10.0 Å². The minimum atomic E-state index is -0.886. The predicted octanol–water partition coefficient (Wildman–Crippen LogP) is 2.31. The Morgan fingerprint density at radius 2 is 2.23 bits per heavy atom. The molecule has 5 nitrogen and oxygen atoms in total. The first-order valence-electron chi connectivity index (χ1n) is 8.26. The SMILES string of the molecule is C=CC(=O)N(C[C@@H](O)c1cccnc1)C1Cc2cc(F)c(C#N)cc2C1. The highest BCUT2D eigenvalue weighted by Crippen LogP contribution is 2.29. The van der Waals surface area contributed by atoms with Crippen LogP contribution in [-0.4, -0.2) is 33.5 Å². The molecule has 2 aromatic rings. The average molecular weight is 351 g/mol. The lowest BCUT2D eigenvalue weighted by Crippen LogP contribution is -2.42. The van der Waals surface area contributed by atoms with Crippen LogP contribution in [-0.2, 0) is 17.6 Å². The highest BCUT2D eigenvalue weighted by molar-refractivity contribution is 5.87. The Morgan fingerprint density at radius 3 is 2.85 bits per heavy atom. The maximum absolute atomic E-state index is 13.9. The summed E-state index contributed by atoms with van der Waals surface area (Å²) in [6, 6.07) is 7.98. The first kappa shape index (κ1) is 17.8. The van der Waals surface area contributed by atoms with Gasteiger partial charge in [-0.15, -0.1) is 0 Å². The smallest absolute Gasteiger partial charge is 0.246 e. The van der Waals surface area contributed by atoms with Gasteiger partial charge >= 0.3 is 0 Å². The summed E-state index contributed by atoms with van der Waals surface area (Å²) in [7, 11) is 0. The third kappa shape index (κ3) is 3.48. The third-order valence-corrected chi connectivity index (χ3v) is 4.66. The van der Waals surface area contributed by atoms with Gasteiger partial charge in [-0.1, -0.05) is 12.6 Å². The summed E-state index contributed by atoms with van der Waals surface area (Å²) in [5.41, 5.74) is 2.25. The molecule has 3 rings (SSSR count). The number of hydrogen-bond donors (Lipinski definition) is 1. The van der Waals surface area contributed by atoms with E-state index < -0.39 is 11.9 Å². The van der Waals surface area contributed by atoms with Crippen LogP contribution in [0.1, 0.15) is 28.4 Å². The van der Waals surface area contributed by atoms with Gasteiger partial charge in [0.2, 0.25) is 5.91 Å². The van der Waals surface area contributed by atoms with E-state index >= 15 is 0 Å². The lowest BCUT2D eigenvalue weighted by atomic mass is 10.1. The predicted molar refractivity (Wildman–Crippen MR) is 93.4 cm³/mol. The molecule has 0 spiro atoms. The summed E-state index contributed by atoms with van der Waals surface area (Å²) >= 11 is 0. The number of halogens is 1. The van der Waals surface area contributed by atoms with Crippen LogP contribution in [0.25, 0.3) is 0 Å². The number of fused-ring (bicyclic) bond motifs is 1. The molecule has 1 aliphatic carbocycles. The van der Waals surface area contributed by atoms with E-state index in [0.29, 0.717) is 18.4 Å². The molecule has 0 saturated carbocycles. The van der Waals surface area contributed by atoms with E-state index in [4.69, 9.17) is 5.26 Å². The first-order chi connectivity index (χ1) is 12.5. The van der Waals surface area contributed by atoms with Crippen molar-refractivity contribution in [2.75, 3.05) is 6.54 Å². The van der Waals surface area contributed by atoms with E-state index in [2.05, 4.69) is 11.6 Å². The quantitative estimate of drug-likeness (QED) is 0.839. The fourth-order valence-corrected chi connectivity index (χ4v) is 3.33. The maximum atomic E-state index is 13.9. The maximum Gasteiger partial charge on any atom is 0.246 e. The van der Waals surface area contributed by atoms with Crippen molar-refractivity contribution >= 4 is 5.91 Å². The molecule has 1 aromatic carbocycles. The number of nitriles is 1. The van der Waals surface area contributed by atoms with Crippen LogP contribution in [0.3, 0.4) is 0 Å². The average Bonchev–Trinajstić information content (AvgIpc) is 3.07. The number of aromatic nitrogens is 1. The van der Waals surface area contributed by atoms with E-state index in [-0.39, 0.29) is 24.1 Å². The van der Waals surface area contributed by atoms with Crippen LogP contribution in [0, 0.1) is 17.1 Å². The number of carbonyl (C=O) groups is 1. The topological polar surface area (TPSA) is 77.2 Å². The molecule has 0 radical (unpaired) electrons. The van der Waals surface area contributed by atoms with E-state index in [1.54, 1.807) is 35.5 Å². The van der Waals surface area contributed by atoms with Crippen molar-refractivity contribution < 1.29 is 14.3 Å². The molecule has 0 fully saturated rings. The molecule has 6 heteroatoms. The van der Waals surface area contributed by atoms with E-state index in [0.717, 1.165) is 11.1 Å². The molecule has 0 aliphatic heterocycles. The number of benzene rings is 1. The van der Waals surface area contributed by atoms with Gasteiger partial charge in [-0.05, 0) is 48.2 Å². The van der Waals surface area contributed by atoms with Crippen LogP contribution in [0.4, 0.5) is 4.39 Å². The summed E-state index contributed by atoms with van der Waals surface area (Å²) < 4.78 is 13.9. The number of rotatable bonds is 5. The second kappa shape index (κ2) is 7.46. The number of aliphatic hydroxyl groups excluding tert-OH is 1. The number of amides is 1. The third-order valence-electron chi connectivity index (χ3n) is 4.66. The summed E-state index contributed by atoms with van der Waals surface area (Å²) in [5, 5.41) is 19.5. The zero-order valence-corrected chi connectivity index (χ0v) is 14.1. The summed E-state index contributed by atoms with van der Waals surface area (Å²) in [4.78, 5) is 17.9. The molecule has 1 N–H and O–H groups in total. The standard InChI is InChI=1S/C20H18FN3O2/c1-2-20(26)24(12-19(25)13-4-3-5-23-11-13)17-7-14-6-16(10-22)18(21)9-15(14)8-17/h2-6,9,11,17,19,25H,1,7-8,12H2/t17?,19-/m1/s1. The van der Waals surface area contributed by atoms with Gasteiger partial charge in [0.25, 0.3) is 0 Å². The van der Waals surface area contributed by atoms with Gasteiger partial charge in [-0.2, -0.15) is 5.26 Å². The molecule has 1 unspecified atom stereocenters. The van der Waals surface area contributed by atoms with Crippen molar-refractivity contribution in [2.45, 2.75) is 25.0 Å². The van der Waals surface area contributed by atoms with Crippen molar-refractivity contribution in [1.82, 2.24) is 9.88 Å². The fraction of sp³-hybridized carbons (Fsp3) is 0.250. The Bertz CT molecular complexity index is 877. The van der Waals surface area contributed by atoms with Crippen molar-refractivity contribution in [3.63, 3.8) is 0 Å². The van der Waals surface area contributed by atoms with Crippen molar-refractivity contribution in [3.05, 3.63) is 77.4 Å². The lowest BCUT2D eigenvalue weighted by Gasteiger charge is -2.30. The summed E-state index contributed by atoms with van der Waals surface area (Å²) in [6.07, 6.45) is 4.46. The molecule has 1 aromatic heterocycles. The highest BCUT2D eigenvalue weighted by atomic mass is 19.1. The van der Waals surface area contributed by atoms with Crippen molar-refractivity contribution in [2.24, 2.45) is 0 Å². The zero-order valence-electron chi connectivity index (χ0n) is 14.1. The molecule has 2 atom stereocenters. The fourth-order valence-electron chi connectivity index (χ4n) is 3.33. The molecular formula is C20H18FN3O2. The van der Waals surface area contributed by atoms with Crippen molar-refractivity contribution in [3.8, 4) is 6.07 Å². The van der Waals surface area contributed by atoms with Crippen LogP contribution in [0.15, 0.2) is 49.3 Å². The second-order valence-electron chi connectivity index (χ2n) is 6.27. The lowest BCUT2D eigenvalue weighted by molar-refractivity contribution is -0.129. The molecular weight excluding hydrogens is 333 g/mol. The normalized spacial score (nSPS) is 16.4. The Morgan fingerprint density at radius 1 is 1.50 bits per heavy atom. The Kier molecular flexibility index (Phi) is 5.10. The summed E-state index contributed by atoms with van der Waals surface area (Å²) in [6.45, 7) is 3.62. The number of aliphatic hydroxyl groups is 1. The molecule has 132 valence electrons. The van der Waals surface area contributed by atoms with Gasteiger partial charge in [-0.3, -0.25) is 9.78 Å². The Hall–Kier alpha value is -3.04. The molecule has 0 saturated heterocycles. The monoisotopic (exact) mass is 351 g/mol. The van der Waals surface area contributed by atoms with E-state index in [1.165, 1.54) is 12.1 Å². The van der Waals surface area contributed by atoms with Crippen LogP contribution in [0.2, 0.25) is 0 Å². The van der Waals surface area contributed by atoms with Gasteiger partial charge in [0.1, 0.15) is 11.9 Å². The van der Waals surface area contributed by atoms with Gasteiger partial charge in [-0.25, -0.2) is 4.39 Å². The van der Waals surface area contributed by atoms with E-state index in [9.17, 15) is 14.3 Å². The van der Waals surface area contributed by atoms with E-state index in [1.807, 2.05) is 6.07 Å². The Balaban J connectivity index is 1.82. The first-order valence-corrected chi connectivity index (χ1v) is 8.26.